The normalized spacial score (nSPS) is 13.6. The maximum atomic E-state index is 12.2. The summed E-state index contributed by atoms with van der Waals surface area (Å²) in [4.78, 5) is 7.67. The SMILES string of the molecule is CC(Cn1ccnc1)NS(=O)(=O)c1c(N)ncn1C. The van der Waals surface area contributed by atoms with Crippen LogP contribution in [0, 0.1) is 0 Å². The predicted molar refractivity (Wildman–Crippen MR) is 69.6 cm³/mol. The monoisotopic (exact) mass is 284 g/mol. The van der Waals surface area contributed by atoms with Crippen LogP contribution in [0.3, 0.4) is 0 Å². The Hall–Kier alpha value is -1.87. The van der Waals surface area contributed by atoms with Crippen LogP contribution in [0.2, 0.25) is 0 Å². The minimum atomic E-state index is -3.69. The van der Waals surface area contributed by atoms with Gasteiger partial charge in [-0.05, 0) is 6.92 Å². The summed E-state index contributed by atoms with van der Waals surface area (Å²) in [5.41, 5.74) is 5.57. The minimum Gasteiger partial charge on any atom is -0.381 e. The topological polar surface area (TPSA) is 108 Å². The number of nitrogens with two attached hydrogens (primary N) is 1. The van der Waals surface area contributed by atoms with Crippen molar-refractivity contribution in [2.75, 3.05) is 5.73 Å². The first-order valence-corrected chi connectivity index (χ1v) is 7.13. The molecule has 1 unspecified atom stereocenters. The third-order valence-corrected chi connectivity index (χ3v) is 4.28. The molecule has 19 heavy (non-hydrogen) atoms. The summed E-state index contributed by atoms with van der Waals surface area (Å²) < 4.78 is 30.1. The van der Waals surface area contributed by atoms with E-state index >= 15 is 0 Å². The van der Waals surface area contributed by atoms with Crippen molar-refractivity contribution in [3.63, 3.8) is 0 Å². The van der Waals surface area contributed by atoms with Crippen LogP contribution in [-0.2, 0) is 23.6 Å². The number of nitrogens with one attached hydrogen (secondary N) is 1. The largest absolute Gasteiger partial charge is 0.381 e. The van der Waals surface area contributed by atoms with Crippen LogP contribution in [0.5, 0.6) is 0 Å². The molecule has 0 fully saturated rings. The second-order valence-corrected chi connectivity index (χ2v) is 5.96. The van der Waals surface area contributed by atoms with E-state index in [9.17, 15) is 8.42 Å². The molecule has 0 radical (unpaired) electrons. The number of hydrogen-bond donors (Lipinski definition) is 2. The van der Waals surface area contributed by atoms with E-state index in [-0.39, 0.29) is 16.9 Å². The maximum Gasteiger partial charge on any atom is 0.260 e. The Labute approximate surface area is 111 Å². The molecule has 2 rings (SSSR count). The van der Waals surface area contributed by atoms with Crippen molar-refractivity contribution in [1.82, 2.24) is 23.8 Å². The van der Waals surface area contributed by atoms with Gasteiger partial charge in [0.05, 0.1) is 12.7 Å². The lowest BCUT2D eigenvalue weighted by molar-refractivity contribution is 0.516. The first kappa shape index (κ1) is 13.6. The van der Waals surface area contributed by atoms with Gasteiger partial charge in [-0.15, -0.1) is 0 Å². The van der Waals surface area contributed by atoms with Gasteiger partial charge in [0.15, 0.2) is 10.8 Å². The fraction of sp³-hybridized carbons (Fsp3) is 0.400. The lowest BCUT2D eigenvalue weighted by Gasteiger charge is -2.15. The number of imidazole rings is 2. The van der Waals surface area contributed by atoms with Gasteiger partial charge in [-0.2, -0.15) is 0 Å². The molecule has 2 aromatic heterocycles. The predicted octanol–water partition coefficient (Wildman–Crippen LogP) is -0.434. The Kier molecular flexibility index (Phi) is 3.58. The van der Waals surface area contributed by atoms with Crippen LogP contribution in [0.15, 0.2) is 30.1 Å². The Bertz CT molecular complexity index is 626. The van der Waals surface area contributed by atoms with Gasteiger partial charge in [-0.1, -0.05) is 0 Å². The Balaban J connectivity index is 2.13. The second-order valence-electron chi connectivity index (χ2n) is 4.33. The number of sulfonamides is 1. The number of nitrogens with zero attached hydrogens (tertiary/aromatic N) is 4. The molecule has 0 amide bonds. The molecule has 0 saturated heterocycles. The van der Waals surface area contributed by atoms with Crippen molar-refractivity contribution in [1.29, 1.82) is 0 Å². The first-order valence-electron chi connectivity index (χ1n) is 5.65. The van der Waals surface area contributed by atoms with Gasteiger partial charge >= 0.3 is 0 Å². The molecule has 0 aliphatic rings. The molecule has 8 nitrogen and oxygen atoms in total. The quantitative estimate of drug-likeness (QED) is 0.774. The lowest BCUT2D eigenvalue weighted by Crippen LogP contribution is -2.36. The summed E-state index contributed by atoms with van der Waals surface area (Å²) in [6.45, 7) is 2.25. The van der Waals surface area contributed by atoms with Crippen molar-refractivity contribution in [2.24, 2.45) is 7.05 Å². The summed E-state index contributed by atoms with van der Waals surface area (Å²) in [6.07, 6.45) is 6.40. The molecule has 0 aliphatic carbocycles. The highest BCUT2D eigenvalue weighted by Gasteiger charge is 2.24. The number of aryl methyl sites for hydroxylation is 1. The summed E-state index contributed by atoms with van der Waals surface area (Å²) in [5, 5.41) is -0.0232. The molecular formula is C10H16N6O2S. The third-order valence-electron chi connectivity index (χ3n) is 2.56. The molecule has 0 saturated carbocycles. The standard InChI is InChI=1S/C10H16N6O2S/c1-8(5-16-4-3-12-6-16)14-19(17,18)10-9(11)13-7-15(10)2/h3-4,6-8,14H,5,11H2,1-2H3. The summed E-state index contributed by atoms with van der Waals surface area (Å²) in [5.74, 6) is -0.00942. The van der Waals surface area contributed by atoms with E-state index in [1.165, 1.54) is 10.9 Å². The van der Waals surface area contributed by atoms with E-state index in [2.05, 4.69) is 14.7 Å². The van der Waals surface area contributed by atoms with Crippen molar-refractivity contribution >= 4 is 15.8 Å². The zero-order valence-corrected chi connectivity index (χ0v) is 11.5. The Morgan fingerprint density at radius 2 is 2.21 bits per heavy atom. The van der Waals surface area contributed by atoms with E-state index in [0.717, 1.165) is 0 Å². The number of hydrogen-bond acceptors (Lipinski definition) is 5. The van der Waals surface area contributed by atoms with Crippen LogP contribution in [0.1, 0.15) is 6.92 Å². The van der Waals surface area contributed by atoms with Gasteiger partial charge < -0.3 is 14.9 Å². The van der Waals surface area contributed by atoms with Gasteiger partial charge in [-0.3, -0.25) is 0 Å². The van der Waals surface area contributed by atoms with Crippen molar-refractivity contribution in [3.05, 3.63) is 25.0 Å². The van der Waals surface area contributed by atoms with Gasteiger partial charge in [0.25, 0.3) is 10.0 Å². The van der Waals surface area contributed by atoms with Gasteiger partial charge in [0.2, 0.25) is 0 Å². The van der Waals surface area contributed by atoms with E-state index in [4.69, 9.17) is 5.73 Å². The molecule has 0 aromatic carbocycles. The summed E-state index contributed by atoms with van der Waals surface area (Å²) in [6, 6.07) is -0.298. The van der Waals surface area contributed by atoms with Crippen molar-refractivity contribution in [3.8, 4) is 0 Å². The zero-order valence-electron chi connectivity index (χ0n) is 10.7. The van der Waals surface area contributed by atoms with Crippen molar-refractivity contribution < 1.29 is 8.42 Å². The van der Waals surface area contributed by atoms with E-state index in [1.807, 2.05) is 0 Å². The average molecular weight is 284 g/mol. The van der Waals surface area contributed by atoms with E-state index in [1.54, 1.807) is 37.3 Å². The zero-order chi connectivity index (χ0) is 14.0. The molecule has 0 bridgehead atoms. The molecule has 9 heteroatoms. The summed E-state index contributed by atoms with van der Waals surface area (Å²) >= 11 is 0. The molecule has 0 aliphatic heterocycles. The van der Waals surface area contributed by atoms with Crippen molar-refractivity contribution in [2.45, 2.75) is 24.5 Å². The van der Waals surface area contributed by atoms with E-state index < -0.39 is 10.0 Å². The highest BCUT2D eigenvalue weighted by molar-refractivity contribution is 7.89. The van der Waals surface area contributed by atoms with Crippen LogP contribution in [0.4, 0.5) is 5.82 Å². The molecular weight excluding hydrogens is 268 g/mol. The van der Waals surface area contributed by atoms with Crippen LogP contribution >= 0.6 is 0 Å². The molecule has 104 valence electrons. The molecule has 3 N–H and O–H groups in total. The Morgan fingerprint density at radius 3 is 2.74 bits per heavy atom. The average Bonchev–Trinajstić information content (AvgIpc) is 2.88. The smallest absolute Gasteiger partial charge is 0.260 e. The van der Waals surface area contributed by atoms with Gasteiger partial charge in [0, 0.05) is 32.0 Å². The highest BCUT2D eigenvalue weighted by atomic mass is 32.2. The maximum absolute atomic E-state index is 12.2. The van der Waals surface area contributed by atoms with Crippen LogP contribution in [-0.4, -0.2) is 33.6 Å². The van der Waals surface area contributed by atoms with Crippen LogP contribution < -0.4 is 10.5 Å². The molecule has 1 atom stereocenters. The minimum absolute atomic E-state index is 0.00942. The molecule has 2 aromatic rings. The third kappa shape index (κ3) is 2.93. The number of aromatic nitrogens is 4. The second kappa shape index (κ2) is 5.02. The van der Waals surface area contributed by atoms with Gasteiger partial charge in [0.1, 0.15) is 0 Å². The van der Waals surface area contributed by atoms with Crippen LogP contribution in [0.25, 0.3) is 0 Å². The van der Waals surface area contributed by atoms with E-state index in [0.29, 0.717) is 6.54 Å². The Morgan fingerprint density at radius 1 is 1.47 bits per heavy atom. The molecule has 0 spiro atoms. The number of rotatable bonds is 5. The number of anilines is 1. The number of nitrogen functional groups attached to an aromatic ring is 1. The molecule has 2 heterocycles. The first-order chi connectivity index (χ1) is 8.90. The lowest BCUT2D eigenvalue weighted by atomic mass is 10.4. The summed E-state index contributed by atoms with van der Waals surface area (Å²) in [7, 11) is -2.11. The fourth-order valence-corrected chi connectivity index (χ4v) is 3.30. The fourth-order valence-electron chi connectivity index (χ4n) is 1.83. The van der Waals surface area contributed by atoms with Gasteiger partial charge in [-0.25, -0.2) is 23.1 Å². The highest BCUT2D eigenvalue weighted by Crippen LogP contribution is 2.15.